The molecule has 1 saturated heterocycles. The summed E-state index contributed by atoms with van der Waals surface area (Å²) >= 11 is 0. The molecule has 0 radical (unpaired) electrons. The second-order valence-corrected chi connectivity index (χ2v) is 4.94. The van der Waals surface area contributed by atoms with E-state index in [-0.39, 0.29) is 23.8 Å². The second kappa shape index (κ2) is 6.39. The summed E-state index contributed by atoms with van der Waals surface area (Å²) in [4.78, 5) is 36.9. The normalized spacial score (nSPS) is 18.2. The first-order valence-electron chi connectivity index (χ1n) is 6.93. The molecule has 2 amide bonds. The van der Waals surface area contributed by atoms with Crippen molar-refractivity contribution in [3.63, 3.8) is 0 Å². The van der Waals surface area contributed by atoms with Crippen molar-refractivity contribution in [2.24, 2.45) is 0 Å². The van der Waals surface area contributed by atoms with E-state index < -0.39 is 12.0 Å². The number of carboxylic acids is 1. The zero-order valence-corrected chi connectivity index (χ0v) is 11.8. The first kappa shape index (κ1) is 15.0. The number of carbonyl (C=O) groups excluding carboxylic acids is 2. The Hall–Kier alpha value is -2.37. The molecule has 21 heavy (non-hydrogen) atoms. The highest BCUT2D eigenvalue weighted by Gasteiger charge is 2.31. The number of carboxylic acid groups (broad SMARTS) is 1. The van der Waals surface area contributed by atoms with E-state index in [1.165, 1.54) is 11.0 Å². The Morgan fingerprint density at radius 1 is 1.38 bits per heavy atom. The number of rotatable bonds is 4. The number of piperazine rings is 1. The minimum atomic E-state index is -1.05. The molecule has 6 heteroatoms. The number of carbonyl (C=O) groups is 3. The summed E-state index contributed by atoms with van der Waals surface area (Å²) in [6.45, 7) is 2.74. The number of benzene rings is 1. The highest BCUT2D eigenvalue weighted by molar-refractivity contribution is 5.93. The highest BCUT2D eigenvalue weighted by Crippen LogP contribution is 2.14. The molecule has 6 nitrogen and oxygen atoms in total. The van der Waals surface area contributed by atoms with E-state index in [0.717, 1.165) is 0 Å². The van der Waals surface area contributed by atoms with Gasteiger partial charge in [0.1, 0.15) is 6.04 Å². The Kier molecular flexibility index (Phi) is 4.57. The van der Waals surface area contributed by atoms with Gasteiger partial charge in [0, 0.05) is 13.1 Å². The lowest BCUT2D eigenvalue weighted by Crippen LogP contribution is -2.57. The number of amides is 2. The molecule has 1 aromatic carbocycles. The van der Waals surface area contributed by atoms with Crippen molar-refractivity contribution in [2.75, 3.05) is 13.1 Å². The molecule has 2 N–H and O–H groups in total. The SMILES string of the molecule is CCC1C(=O)NCCN1C(=O)Cc1ccccc1C(=O)O. The molecule has 0 aliphatic carbocycles. The average molecular weight is 290 g/mol. The lowest BCUT2D eigenvalue weighted by molar-refractivity contribution is -0.142. The van der Waals surface area contributed by atoms with Gasteiger partial charge in [-0.25, -0.2) is 4.79 Å². The van der Waals surface area contributed by atoms with Crippen LogP contribution in [0.2, 0.25) is 0 Å². The lowest BCUT2D eigenvalue weighted by atomic mass is 10.0. The summed E-state index contributed by atoms with van der Waals surface area (Å²) in [6, 6.07) is 5.97. The van der Waals surface area contributed by atoms with Crippen LogP contribution in [0, 0.1) is 0 Å². The molecule has 2 rings (SSSR count). The van der Waals surface area contributed by atoms with Crippen LogP contribution >= 0.6 is 0 Å². The van der Waals surface area contributed by atoms with Crippen LogP contribution in [-0.2, 0) is 16.0 Å². The van der Waals surface area contributed by atoms with Crippen molar-refractivity contribution in [1.82, 2.24) is 10.2 Å². The van der Waals surface area contributed by atoms with E-state index in [1.54, 1.807) is 18.2 Å². The summed E-state index contributed by atoms with van der Waals surface area (Å²) < 4.78 is 0. The maximum Gasteiger partial charge on any atom is 0.335 e. The van der Waals surface area contributed by atoms with Gasteiger partial charge in [-0.05, 0) is 18.1 Å². The van der Waals surface area contributed by atoms with E-state index in [0.29, 0.717) is 25.1 Å². The summed E-state index contributed by atoms with van der Waals surface area (Å²) in [7, 11) is 0. The maximum atomic E-state index is 12.4. The minimum Gasteiger partial charge on any atom is -0.478 e. The first-order chi connectivity index (χ1) is 10.0. The summed E-state index contributed by atoms with van der Waals surface area (Å²) in [5, 5.41) is 11.9. The lowest BCUT2D eigenvalue weighted by Gasteiger charge is -2.34. The van der Waals surface area contributed by atoms with Gasteiger partial charge in [0.15, 0.2) is 0 Å². The van der Waals surface area contributed by atoms with Crippen LogP contribution in [0.5, 0.6) is 0 Å². The van der Waals surface area contributed by atoms with Gasteiger partial charge in [0.05, 0.1) is 12.0 Å². The Balaban J connectivity index is 2.18. The molecule has 1 aliphatic heterocycles. The largest absolute Gasteiger partial charge is 0.478 e. The molecular formula is C15H18N2O4. The molecule has 1 unspecified atom stereocenters. The van der Waals surface area contributed by atoms with E-state index >= 15 is 0 Å². The smallest absolute Gasteiger partial charge is 0.335 e. The number of nitrogens with zero attached hydrogens (tertiary/aromatic N) is 1. The van der Waals surface area contributed by atoms with Gasteiger partial charge >= 0.3 is 5.97 Å². The van der Waals surface area contributed by atoms with Crippen molar-refractivity contribution in [3.8, 4) is 0 Å². The molecule has 1 fully saturated rings. The molecule has 0 saturated carbocycles. The molecule has 0 bridgehead atoms. The van der Waals surface area contributed by atoms with Gasteiger partial charge in [-0.1, -0.05) is 25.1 Å². The van der Waals surface area contributed by atoms with E-state index in [1.807, 2.05) is 6.92 Å². The van der Waals surface area contributed by atoms with E-state index in [2.05, 4.69) is 5.32 Å². The Morgan fingerprint density at radius 2 is 2.10 bits per heavy atom. The molecule has 1 aliphatic rings. The third-order valence-electron chi connectivity index (χ3n) is 3.63. The number of hydrogen-bond acceptors (Lipinski definition) is 3. The van der Waals surface area contributed by atoms with Crippen molar-refractivity contribution >= 4 is 17.8 Å². The molecular weight excluding hydrogens is 272 g/mol. The summed E-state index contributed by atoms with van der Waals surface area (Å²) in [5.74, 6) is -1.42. The molecule has 0 spiro atoms. The fourth-order valence-electron chi connectivity index (χ4n) is 2.57. The zero-order chi connectivity index (χ0) is 15.4. The Morgan fingerprint density at radius 3 is 2.76 bits per heavy atom. The standard InChI is InChI=1S/C15H18N2O4/c1-2-12-14(19)16-7-8-17(12)13(18)9-10-5-3-4-6-11(10)15(20)21/h3-6,12H,2,7-9H2,1H3,(H,16,19)(H,20,21). The van der Waals surface area contributed by atoms with Gasteiger partial charge in [-0.3, -0.25) is 9.59 Å². The van der Waals surface area contributed by atoms with Gasteiger partial charge < -0.3 is 15.3 Å². The van der Waals surface area contributed by atoms with Crippen molar-refractivity contribution in [3.05, 3.63) is 35.4 Å². The van der Waals surface area contributed by atoms with E-state index in [4.69, 9.17) is 5.11 Å². The van der Waals surface area contributed by atoms with Crippen molar-refractivity contribution < 1.29 is 19.5 Å². The Bertz CT molecular complexity index is 571. The topological polar surface area (TPSA) is 86.7 Å². The molecule has 1 atom stereocenters. The highest BCUT2D eigenvalue weighted by atomic mass is 16.4. The van der Waals surface area contributed by atoms with Crippen LogP contribution in [0.3, 0.4) is 0 Å². The first-order valence-corrected chi connectivity index (χ1v) is 6.93. The molecule has 1 aromatic rings. The number of aromatic carboxylic acids is 1. The van der Waals surface area contributed by atoms with Gasteiger partial charge in [0.25, 0.3) is 0 Å². The molecule has 112 valence electrons. The van der Waals surface area contributed by atoms with E-state index in [9.17, 15) is 14.4 Å². The Labute approximate surface area is 122 Å². The number of hydrogen-bond donors (Lipinski definition) is 2. The van der Waals surface area contributed by atoms with Crippen LogP contribution in [0.1, 0.15) is 29.3 Å². The van der Waals surface area contributed by atoms with Gasteiger partial charge in [-0.15, -0.1) is 0 Å². The molecule has 0 aromatic heterocycles. The van der Waals surface area contributed by atoms with Crippen LogP contribution in [0.4, 0.5) is 0 Å². The average Bonchev–Trinajstić information content (AvgIpc) is 2.47. The van der Waals surface area contributed by atoms with Crippen molar-refractivity contribution in [2.45, 2.75) is 25.8 Å². The molecule has 1 heterocycles. The fourth-order valence-corrected chi connectivity index (χ4v) is 2.57. The zero-order valence-electron chi connectivity index (χ0n) is 11.8. The van der Waals surface area contributed by atoms with Crippen LogP contribution in [-0.4, -0.2) is 46.9 Å². The quantitative estimate of drug-likeness (QED) is 0.853. The summed E-state index contributed by atoms with van der Waals surface area (Å²) in [5.41, 5.74) is 0.594. The van der Waals surface area contributed by atoms with Crippen molar-refractivity contribution in [1.29, 1.82) is 0 Å². The van der Waals surface area contributed by atoms with Crippen LogP contribution in [0.15, 0.2) is 24.3 Å². The fraction of sp³-hybridized carbons (Fsp3) is 0.400. The van der Waals surface area contributed by atoms with Gasteiger partial charge in [0.2, 0.25) is 11.8 Å². The van der Waals surface area contributed by atoms with Gasteiger partial charge in [-0.2, -0.15) is 0 Å². The predicted molar refractivity (Wildman–Crippen MR) is 75.9 cm³/mol. The number of nitrogens with one attached hydrogen (secondary N) is 1. The van der Waals surface area contributed by atoms with Crippen LogP contribution < -0.4 is 5.32 Å². The summed E-state index contributed by atoms with van der Waals surface area (Å²) in [6.07, 6.45) is 0.532. The maximum absolute atomic E-state index is 12.4. The van der Waals surface area contributed by atoms with Crippen LogP contribution in [0.25, 0.3) is 0 Å². The third-order valence-corrected chi connectivity index (χ3v) is 3.63. The third kappa shape index (κ3) is 3.21. The predicted octanol–water partition coefficient (Wildman–Crippen LogP) is 0.664. The second-order valence-electron chi connectivity index (χ2n) is 4.94. The minimum absolute atomic E-state index is 0.00769. The monoisotopic (exact) mass is 290 g/mol.